The van der Waals surface area contributed by atoms with Crippen molar-refractivity contribution in [3.63, 3.8) is 0 Å². The summed E-state index contributed by atoms with van der Waals surface area (Å²) >= 11 is 0. The van der Waals surface area contributed by atoms with E-state index in [0.717, 1.165) is 17.8 Å². The second kappa shape index (κ2) is 5.77. The second-order valence-corrected chi connectivity index (χ2v) is 4.23. The zero-order valence-corrected chi connectivity index (χ0v) is 10.4. The topological polar surface area (TPSA) is 57.8 Å². The number of carbonyl (C=O) groups is 1. The van der Waals surface area contributed by atoms with E-state index < -0.39 is 11.7 Å². The fourth-order valence-electron chi connectivity index (χ4n) is 1.68. The zero-order chi connectivity index (χ0) is 14.6. The minimum absolute atomic E-state index is 0.0991. The number of rotatable bonds is 4. The Morgan fingerprint density at radius 2 is 2.15 bits per heavy atom. The van der Waals surface area contributed by atoms with Crippen LogP contribution >= 0.6 is 0 Å². The van der Waals surface area contributed by atoms with E-state index in [1.807, 2.05) is 0 Å². The Hall–Kier alpha value is -2.31. The third-order valence-electron chi connectivity index (χ3n) is 2.65. The van der Waals surface area contributed by atoms with Gasteiger partial charge in [-0.05, 0) is 11.6 Å². The van der Waals surface area contributed by atoms with Gasteiger partial charge in [-0.25, -0.2) is 4.98 Å². The van der Waals surface area contributed by atoms with Crippen LogP contribution in [-0.4, -0.2) is 15.9 Å². The molecule has 0 aliphatic rings. The number of alkyl halides is 3. The van der Waals surface area contributed by atoms with Crippen molar-refractivity contribution < 1.29 is 18.0 Å². The van der Waals surface area contributed by atoms with Gasteiger partial charge in [-0.1, -0.05) is 18.2 Å². The number of halogens is 3. The summed E-state index contributed by atoms with van der Waals surface area (Å²) in [6, 6.07) is 4.74. The van der Waals surface area contributed by atoms with Crippen LogP contribution in [0, 0.1) is 0 Å². The number of hydrogen-bond acceptors (Lipinski definition) is 2. The van der Waals surface area contributed by atoms with Gasteiger partial charge in [0, 0.05) is 6.20 Å². The third-order valence-corrected chi connectivity index (χ3v) is 2.65. The van der Waals surface area contributed by atoms with Crippen LogP contribution in [0.1, 0.15) is 16.8 Å². The number of amides is 1. The van der Waals surface area contributed by atoms with E-state index in [0.29, 0.717) is 5.56 Å². The summed E-state index contributed by atoms with van der Waals surface area (Å²) in [7, 11) is 0. The highest BCUT2D eigenvalue weighted by molar-refractivity contribution is 5.78. The highest BCUT2D eigenvalue weighted by atomic mass is 19.4. The van der Waals surface area contributed by atoms with E-state index in [4.69, 9.17) is 0 Å². The van der Waals surface area contributed by atoms with Crippen LogP contribution in [0.5, 0.6) is 0 Å². The number of aromatic nitrogens is 2. The summed E-state index contributed by atoms with van der Waals surface area (Å²) in [4.78, 5) is 18.2. The summed E-state index contributed by atoms with van der Waals surface area (Å²) in [6.45, 7) is 0.262. The first-order valence-corrected chi connectivity index (χ1v) is 5.85. The molecule has 1 heterocycles. The third kappa shape index (κ3) is 3.84. The minimum atomic E-state index is -4.40. The molecule has 1 aromatic carbocycles. The van der Waals surface area contributed by atoms with Crippen LogP contribution < -0.4 is 5.32 Å². The van der Waals surface area contributed by atoms with Crippen LogP contribution in [0.15, 0.2) is 36.8 Å². The molecule has 20 heavy (non-hydrogen) atoms. The Balaban J connectivity index is 1.94. The average molecular weight is 283 g/mol. The molecule has 0 atom stereocenters. The fraction of sp³-hybridized carbons (Fsp3) is 0.231. The van der Waals surface area contributed by atoms with E-state index >= 15 is 0 Å². The Labute approximate surface area is 113 Å². The Morgan fingerprint density at radius 3 is 2.80 bits per heavy atom. The van der Waals surface area contributed by atoms with Crippen molar-refractivity contribution in [2.45, 2.75) is 19.1 Å². The maximum Gasteiger partial charge on any atom is 0.416 e. The Morgan fingerprint density at radius 1 is 1.35 bits per heavy atom. The summed E-state index contributed by atoms with van der Waals surface area (Å²) in [6.07, 6.45) is -1.46. The van der Waals surface area contributed by atoms with Gasteiger partial charge in [0.15, 0.2) is 0 Å². The predicted octanol–water partition coefficient (Wildman–Crippen LogP) is 2.29. The maximum absolute atomic E-state index is 12.5. The number of hydrogen-bond donors (Lipinski definition) is 2. The van der Waals surface area contributed by atoms with Crippen molar-refractivity contribution in [3.8, 4) is 0 Å². The molecule has 0 aliphatic heterocycles. The van der Waals surface area contributed by atoms with Gasteiger partial charge in [0.2, 0.25) is 5.91 Å². The summed E-state index contributed by atoms with van der Waals surface area (Å²) in [5.41, 5.74) is 0.292. The summed E-state index contributed by atoms with van der Waals surface area (Å²) in [5, 5.41) is 2.60. The van der Waals surface area contributed by atoms with Crippen molar-refractivity contribution >= 4 is 5.91 Å². The van der Waals surface area contributed by atoms with Crippen molar-refractivity contribution in [2.24, 2.45) is 0 Å². The SMILES string of the molecule is O=C(Cc1cccc(C(F)(F)F)c1)NCc1cnc[nH]1. The van der Waals surface area contributed by atoms with E-state index in [9.17, 15) is 18.0 Å². The van der Waals surface area contributed by atoms with Crippen molar-refractivity contribution in [2.75, 3.05) is 0 Å². The van der Waals surface area contributed by atoms with Gasteiger partial charge in [-0.3, -0.25) is 4.79 Å². The molecule has 1 amide bonds. The zero-order valence-electron chi connectivity index (χ0n) is 10.4. The number of carbonyl (C=O) groups excluding carboxylic acids is 1. The summed E-state index contributed by atoms with van der Waals surface area (Å²) < 4.78 is 37.6. The first-order valence-electron chi connectivity index (χ1n) is 5.85. The quantitative estimate of drug-likeness (QED) is 0.904. The standard InChI is InChI=1S/C13H12F3N3O/c14-13(15,16)10-3-1-2-9(4-10)5-12(20)18-7-11-6-17-8-19-11/h1-4,6,8H,5,7H2,(H,17,19)(H,18,20). The molecule has 0 saturated carbocycles. The smallest absolute Gasteiger partial charge is 0.350 e. The van der Waals surface area contributed by atoms with E-state index in [1.165, 1.54) is 18.5 Å². The first-order chi connectivity index (χ1) is 9.45. The molecular weight excluding hydrogens is 271 g/mol. The monoisotopic (exact) mass is 283 g/mol. The number of nitrogens with one attached hydrogen (secondary N) is 2. The van der Waals surface area contributed by atoms with Crippen LogP contribution in [0.2, 0.25) is 0 Å². The van der Waals surface area contributed by atoms with Crippen molar-refractivity contribution in [1.82, 2.24) is 15.3 Å². The molecule has 7 heteroatoms. The van der Waals surface area contributed by atoms with Crippen LogP contribution in [0.3, 0.4) is 0 Å². The van der Waals surface area contributed by atoms with Crippen LogP contribution in [0.25, 0.3) is 0 Å². The molecule has 0 spiro atoms. The Bertz CT molecular complexity index is 579. The highest BCUT2D eigenvalue weighted by Crippen LogP contribution is 2.29. The molecule has 106 valence electrons. The highest BCUT2D eigenvalue weighted by Gasteiger charge is 2.30. The average Bonchev–Trinajstić information content (AvgIpc) is 2.89. The molecule has 2 rings (SSSR count). The predicted molar refractivity (Wildman–Crippen MR) is 65.6 cm³/mol. The van der Waals surface area contributed by atoms with E-state index in [2.05, 4.69) is 15.3 Å². The van der Waals surface area contributed by atoms with Gasteiger partial charge in [0.25, 0.3) is 0 Å². The molecule has 0 radical (unpaired) electrons. The first kappa shape index (κ1) is 14.1. The number of aromatic amines is 1. The second-order valence-electron chi connectivity index (χ2n) is 4.23. The lowest BCUT2D eigenvalue weighted by Gasteiger charge is -2.09. The molecule has 0 aliphatic carbocycles. The fourth-order valence-corrected chi connectivity index (χ4v) is 1.68. The minimum Gasteiger partial charge on any atom is -0.350 e. The molecule has 4 nitrogen and oxygen atoms in total. The number of nitrogens with zero attached hydrogens (tertiary/aromatic N) is 1. The lowest BCUT2D eigenvalue weighted by Crippen LogP contribution is -2.24. The number of benzene rings is 1. The van der Waals surface area contributed by atoms with Crippen molar-refractivity contribution in [3.05, 3.63) is 53.6 Å². The van der Waals surface area contributed by atoms with Crippen LogP contribution in [-0.2, 0) is 23.9 Å². The molecule has 0 unspecified atom stereocenters. The normalized spacial score (nSPS) is 11.3. The lowest BCUT2D eigenvalue weighted by molar-refractivity contribution is -0.137. The van der Waals surface area contributed by atoms with E-state index in [1.54, 1.807) is 6.20 Å². The number of H-pyrrole nitrogens is 1. The van der Waals surface area contributed by atoms with Gasteiger partial charge in [0.05, 0.1) is 30.6 Å². The van der Waals surface area contributed by atoms with Gasteiger partial charge in [-0.2, -0.15) is 13.2 Å². The van der Waals surface area contributed by atoms with Crippen LogP contribution in [0.4, 0.5) is 13.2 Å². The molecule has 0 fully saturated rings. The van der Waals surface area contributed by atoms with Gasteiger partial charge in [-0.15, -0.1) is 0 Å². The van der Waals surface area contributed by atoms with Gasteiger partial charge in [0.1, 0.15) is 0 Å². The molecule has 0 saturated heterocycles. The Kier molecular flexibility index (Phi) is 4.07. The summed E-state index contributed by atoms with van der Waals surface area (Å²) in [5.74, 6) is -0.348. The van der Waals surface area contributed by atoms with Crippen molar-refractivity contribution in [1.29, 1.82) is 0 Å². The molecule has 1 aromatic heterocycles. The number of imidazole rings is 1. The molecule has 2 N–H and O–H groups in total. The van der Waals surface area contributed by atoms with E-state index in [-0.39, 0.29) is 18.9 Å². The largest absolute Gasteiger partial charge is 0.416 e. The molecular formula is C13H12F3N3O. The molecule has 2 aromatic rings. The van der Waals surface area contributed by atoms with Gasteiger partial charge >= 0.3 is 6.18 Å². The van der Waals surface area contributed by atoms with Gasteiger partial charge < -0.3 is 10.3 Å². The molecule has 0 bridgehead atoms. The maximum atomic E-state index is 12.5. The lowest BCUT2D eigenvalue weighted by atomic mass is 10.1.